The second-order valence-electron chi connectivity index (χ2n) is 4.42. The average molecular weight is 273 g/mol. The fourth-order valence-electron chi connectivity index (χ4n) is 1.58. The van der Waals surface area contributed by atoms with Crippen LogP contribution in [0.4, 0.5) is 5.82 Å². The van der Waals surface area contributed by atoms with Gasteiger partial charge in [-0.05, 0) is 26.0 Å². The number of aromatic nitrogens is 1. The summed E-state index contributed by atoms with van der Waals surface area (Å²) in [6.07, 6.45) is 0. The van der Waals surface area contributed by atoms with Gasteiger partial charge < -0.3 is 15.2 Å². The zero-order valence-electron chi connectivity index (χ0n) is 11.3. The summed E-state index contributed by atoms with van der Waals surface area (Å²) in [6, 6.07) is 8.70. The Labute approximate surface area is 116 Å². The van der Waals surface area contributed by atoms with Crippen LogP contribution in [0.5, 0.6) is 0 Å². The molecule has 2 rings (SSSR count). The van der Waals surface area contributed by atoms with Crippen molar-refractivity contribution in [2.75, 3.05) is 11.9 Å². The standard InChI is InChI=1S/C14H15N3O3/c1-9-3-5-11(6-4-9)14(19)15-8-13(18)16-12-7-10(2)20-17-12/h3-7H,8H2,1-2H3,(H,15,19)(H,16,17,18). The third kappa shape index (κ3) is 3.68. The number of aryl methyl sites for hydroxylation is 2. The van der Waals surface area contributed by atoms with E-state index in [2.05, 4.69) is 15.8 Å². The van der Waals surface area contributed by atoms with Crippen LogP contribution in [0.2, 0.25) is 0 Å². The van der Waals surface area contributed by atoms with E-state index in [4.69, 9.17) is 4.52 Å². The van der Waals surface area contributed by atoms with Crippen LogP contribution < -0.4 is 10.6 Å². The van der Waals surface area contributed by atoms with Crippen LogP contribution in [0, 0.1) is 13.8 Å². The summed E-state index contributed by atoms with van der Waals surface area (Å²) in [4.78, 5) is 23.4. The molecule has 0 saturated carbocycles. The molecule has 0 unspecified atom stereocenters. The normalized spacial score (nSPS) is 10.1. The first-order valence-corrected chi connectivity index (χ1v) is 6.12. The fraction of sp³-hybridized carbons (Fsp3) is 0.214. The Hall–Kier alpha value is -2.63. The average Bonchev–Trinajstić information content (AvgIpc) is 2.82. The van der Waals surface area contributed by atoms with Gasteiger partial charge in [0, 0.05) is 11.6 Å². The lowest BCUT2D eigenvalue weighted by Gasteiger charge is -2.05. The summed E-state index contributed by atoms with van der Waals surface area (Å²) in [5, 5.41) is 8.69. The molecule has 2 aromatic rings. The molecule has 1 aromatic heterocycles. The molecule has 0 radical (unpaired) electrons. The predicted octanol–water partition coefficient (Wildman–Crippen LogP) is 1.66. The summed E-state index contributed by atoms with van der Waals surface area (Å²) >= 11 is 0. The van der Waals surface area contributed by atoms with E-state index < -0.39 is 0 Å². The van der Waals surface area contributed by atoms with E-state index in [0.29, 0.717) is 17.1 Å². The molecule has 20 heavy (non-hydrogen) atoms. The maximum absolute atomic E-state index is 11.8. The monoisotopic (exact) mass is 273 g/mol. The van der Waals surface area contributed by atoms with Gasteiger partial charge >= 0.3 is 0 Å². The molecule has 0 aliphatic heterocycles. The van der Waals surface area contributed by atoms with Crippen molar-refractivity contribution >= 4 is 17.6 Å². The number of carbonyl (C=O) groups is 2. The number of benzene rings is 1. The lowest BCUT2D eigenvalue weighted by molar-refractivity contribution is -0.115. The first kappa shape index (κ1) is 13.8. The van der Waals surface area contributed by atoms with Crippen molar-refractivity contribution < 1.29 is 14.1 Å². The summed E-state index contributed by atoms with van der Waals surface area (Å²) in [6.45, 7) is 3.54. The highest BCUT2D eigenvalue weighted by Gasteiger charge is 2.09. The lowest BCUT2D eigenvalue weighted by Crippen LogP contribution is -2.32. The van der Waals surface area contributed by atoms with Gasteiger partial charge in [0.2, 0.25) is 5.91 Å². The quantitative estimate of drug-likeness (QED) is 0.887. The van der Waals surface area contributed by atoms with Gasteiger partial charge in [-0.3, -0.25) is 9.59 Å². The number of nitrogens with zero attached hydrogens (tertiary/aromatic N) is 1. The second kappa shape index (κ2) is 6.01. The van der Waals surface area contributed by atoms with Gasteiger partial charge in [0.15, 0.2) is 5.82 Å². The van der Waals surface area contributed by atoms with Crippen molar-refractivity contribution in [3.05, 3.63) is 47.2 Å². The molecule has 0 aliphatic rings. The molecular weight excluding hydrogens is 258 g/mol. The van der Waals surface area contributed by atoms with E-state index in [-0.39, 0.29) is 18.4 Å². The van der Waals surface area contributed by atoms with Crippen LogP contribution in [0.3, 0.4) is 0 Å². The maximum Gasteiger partial charge on any atom is 0.251 e. The molecule has 0 aliphatic carbocycles. The molecule has 0 saturated heterocycles. The number of nitrogens with one attached hydrogen (secondary N) is 2. The van der Waals surface area contributed by atoms with Crippen LogP contribution in [-0.4, -0.2) is 23.5 Å². The van der Waals surface area contributed by atoms with Gasteiger partial charge in [0.1, 0.15) is 5.76 Å². The van der Waals surface area contributed by atoms with Crippen molar-refractivity contribution in [2.24, 2.45) is 0 Å². The largest absolute Gasteiger partial charge is 0.360 e. The Bertz CT molecular complexity index is 617. The first-order valence-electron chi connectivity index (χ1n) is 6.12. The van der Waals surface area contributed by atoms with Crippen LogP contribution >= 0.6 is 0 Å². The Morgan fingerprint density at radius 3 is 2.50 bits per heavy atom. The Kier molecular flexibility index (Phi) is 4.14. The number of amides is 2. The van der Waals surface area contributed by atoms with E-state index in [1.165, 1.54) is 0 Å². The van der Waals surface area contributed by atoms with Crippen molar-refractivity contribution in [3.8, 4) is 0 Å². The van der Waals surface area contributed by atoms with Crippen LogP contribution in [-0.2, 0) is 4.79 Å². The molecular formula is C14H15N3O3. The second-order valence-corrected chi connectivity index (χ2v) is 4.42. The smallest absolute Gasteiger partial charge is 0.251 e. The molecule has 2 N–H and O–H groups in total. The summed E-state index contributed by atoms with van der Waals surface area (Å²) in [7, 11) is 0. The molecule has 0 fully saturated rings. The number of carbonyl (C=O) groups excluding carboxylic acids is 2. The summed E-state index contributed by atoms with van der Waals surface area (Å²) < 4.78 is 4.82. The van der Waals surface area contributed by atoms with Crippen molar-refractivity contribution in [1.82, 2.24) is 10.5 Å². The van der Waals surface area contributed by atoms with Gasteiger partial charge in [-0.1, -0.05) is 22.9 Å². The predicted molar refractivity (Wildman–Crippen MR) is 73.4 cm³/mol. The molecule has 0 spiro atoms. The Morgan fingerprint density at radius 1 is 1.20 bits per heavy atom. The Balaban J connectivity index is 1.84. The molecule has 104 valence electrons. The maximum atomic E-state index is 11.8. The third-order valence-electron chi connectivity index (χ3n) is 2.62. The SMILES string of the molecule is Cc1ccc(C(=O)NCC(=O)Nc2cc(C)on2)cc1. The minimum absolute atomic E-state index is 0.126. The van der Waals surface area contributed by atoms with E-state index in [1.54, 1.807) is 25.1 Å². The molecule has 1 heterocycles. The minimum atomic E-state index is -0.362. The number of rotatable bonds is 4. The fourth-order valence-corrected chi connectivity index (χ4v) is 1.58. The van der Waals surface area contributed by atoms with Gasteiger partial charge in [-0.15, -0.1) is 0 Å². The minimum Gasteiger partial charge on any atom is -0.360 e. The zero-order valence-corrected chi connectivity index (χ0v) is 11.3. The number of hydrogen-bond acceptors (Lipinski definition) is 4. The lowest BCUT2D eigenvalue weighted by atomic mass is 10.1. The van der Waals surface area contributed by atoms with Crippen LogP contribution in [0.1, 0.15) is 21.7 Å². The number of anilines is 1. The molecule has 6 heteroatoms. The molecule has 2 amide bonds. The summed E-state index contributed by atoms with van der Waals surface area (Å²) in [5.41, 5.74) is 1.58. The van der Waals surface area contributed by atoms with Crippen molar-refractivity contribution in [3.63, 3.8) is 0 Å². The van der Waals surface area contributed by atoms with Crippen molar-refractivity contribution in [2.45, 2.75) is 13.8 Å². The Morgan fingerprint density at radius 2 is 1.90 bits per heavy atom. The van der Waals surface area contributed by atoms with Gasteiger partial charge in [0.25, 0.3) is 5.91 Å². The first-order chi connectivity index (χ1) is 9.54. The highest BCUT2D eigenvalue weighted by Crippen LogP contribution is 2.06. The van der Waals surface area contributed by atoms with Gasteiger partial charge in [-0.2, -0.15) is 0 Å². The van der Waals surface area contributed by atoms with Crippen LogP contribution in [0.15, 0.2) is 34.9 Å². The van der Waals surface area contributed by atoms with E-state index in [1.807, 2.05) is 19.1 Å². The van der Waals surface area contributed by atoms with Crippen molar-refractivity contribution in [1.29, 1.82) is 0 Å². The van der Waals surface area contributed by atoms with Gasteiger partial charge in [0.05, 0.1) is 6.54 Å². The zero-order chi connectivity index (χ0) is 14.5. The van der Waals surface area contributed by atoms with E-state index in [9.17, 15) is 9.59 Å². The molecule has 0 atom stereocenters. The van der Waals surface area contributed by atoms with Gasteiger partial charge in [-0.25, -0.2) is 0 Å². The topological polar surface area (TPSA) is 84.2 Å². The molecule has 0 bridgehead atoms. The summed E-state index contributed by atoms with van der Waals surface area (Å²) in [5.74, 6) is 0.274. The number of hydrogen-bond donors (Lipinski definition) is 2. The third-order valence-corrected chi connectivity index (χ3v) is 2.62. The molecule has 6 nitrogen and oxygen atoms in total. The van der Waals surface area contributed by atoms with E-state index in [0.717, 1.165) is 5.56 Å². The highest BCUT2D eigenvalue weighted by molar-refractivity contribution is 5.99. The molecule has 1 aromatic carbocycles. The van der Waals surface area contributed by atoms with E-state index >= 15 is 0 Å². The highest BCUT2D eigenvalue weighted by atomic mass is 16.5. The van der Waals surface area contributed by atoms with Crippen LogP contribution in [0.25, 0.3) is 0 Å².